The van der Waals surface area contributed by atoms with Gasteiger partial charge in [-0.05, 0) is 49.0 Å². The average Bonchev–Trinajstić information content (AvgIpc) is 2.87. The van der Waals surface area contributed by atoms with Crippen LogP contribution in [0.4, 0.5) is 4.39 Å². The van der Waals surface area contributed by atoms with Gasteiger partial charge in [0.2, 0.25) is 0 Å². The number of hydrogen-bond acceptors (Lipinski definition) is 3. The van der Waals surface area contributed by atoms with E-state index in [4.69, 9.17) is 4.74 Å². The van der Waals surface area contributed by atoms with E-state index < -0.39 is 0 Å². The molecule has 0 amide bonds. The van der Waals surface area contributed by atoms with Gasteiger partial charge in [0.05, 0.1) is 18.7 Å². The Kier molecular flexibility index (Phi) is 5.15. The lowest BCUT2D eigenvalue weighted by atomic mass is 9.97. The predicted octanol–water partition coefficient (Wildman–Crippen LogP) is 4.29. The van der Waals surface area contributed by atoms with Crippen molar-refractivity contribution < 1.29 is 9.13 Å². The van der Waals surface area contributed by atoms with Crippen LogP contribution in [-0.2, 0) is 0 Å². The van der Waals surface area contributed by atoms with Gasteiger partial charge in [0.1, 0.15) is 11.6 Å². The van der Waals surface area contributed by atoms with Gasteiger partial charge in [0.25, 0.3) is 0 Å². The average molecular weight is 293 g/mol. The van der Waals surface area contributed by atoms with Gasteiger partial charge in [-0.1, -0.05) is 13.0 Å². The Bertz CT molecular complexity index is 567. The Morgan fingerprint density at radius 3 is 2.75 bits per heavy atom. The van der Waals surface area contributed by atoms with E-state index >= 15 is 0 Å². The Morgan fingerprint density at radius 2 is 2.15 bits per heavy atom. The van der Waals surface area contributed by atoms with E-state index in [1.165, 1.54) is 10.9 Å². The van der Waals surface area contributed by atoms with Crippen molar-refractivity contribution in [1.29, 1.82) is 0 Å². The summed E-state index contributed by atoms with van der Waals surface area (Å²) in [6, 6.07) is 6.85. The maximum atomic E-state index is 14.3. The first kappa shape index (κ1) is 15.0. The fourth-order valence-corrected chi connectivity index (χ4v) is 3.07. The van der Waals surface area contributed by atoms with Gasteiger partial charge in [-0.3, -0.25) is 0 Å². The van der Waals surface area contributed by atoms with Crippen LogP contribution in [-0.4, -0.2) is 13.7 Å². The summed E-state index contributed by atoms with van der Waals surface area (Å²) < 4.78 is 19.7. The quantitative estimate of drug-likeness (QED) is 0.857. The van der Waals surface area contributed by atoms with E-state index in [0.717, 1.165) is 18.5 Å². The summed E-state index contributed by atoms with van der Waals surface area (Å²) in [7, 11) is 1.58. The van der Waals surface area contributed by atoms with Crippen LogP contribution in [0.15, 0.2) is 29.6 Å². The van der Waals surface area contributed by atoms with Crippen LogP contribution in [0.25, 0.3) is 0 Å². The molecule has 108 valence electrons. The van der Waals surface area contributed by atoms with Crippen LogP contribution in [0.3, 0.4) is 0 Å². The molecular weight excluding hydrogens is 273 g/mol. The summed E-state index contributed by atoms with van der Waals surface area (Å²) in [6.07, 6.45) is 0.996. The number of ether oxygens (including phenoxy) is 1. The highest BCUT2D eigenvalue weighted by Crippen LogP contribution is 2.35. The highest BCUT2D eigenvalue weighted by Gasteiger charge is 2.23. The minimum Gasteiger partial charge on any atom is -0.496 e. The summed E-state index contributed by atoms with van der Waals surface area (Å²) >= 11 is 1.68. The zero-order valence-electron chi connectivity index (χ0n) is 12.1. The van der Waals surface area contributed by atoms with Gasteiger partial charge >= 0.3 is 0 Å². The molecule has 0 saturated heterocycles. The topological polar surface area (TPSA) is 21.3 Å². The summed E-state index contributed by atoms with van der Waals surface area (Å²) in [5, 5.41) is 5.47. The fourth-order valence-electron chi connectivity index (χ4n) is 2.33. The van der Waals surface area contributed by atoms with Gasteiger partial charge in [0.15, 0.2) is 0 Å². The maximum Gasteiger partial charge on any atom is 0.132 e. The van der Waals surface area contributed by atoms with Crippen molar-refractivity contribution in [3.05, 3.63) is 51.5 Å². The van der Waals surface area contributed by atoms with E-state index in [2.05, 4.69) is 25.2 Å². The van der Waals surface area contributed by atoms with Crippen molar-refractivity contribution in [2.45, 2.75) is 26.3 Å². The van der Waals surface area contributed by atoms with E-state index in [1.807, 2.05) is 5.38 Å². The molecule has 2 aromatic rings. The number of hydrogen-bond donors (Lipinski definition) is 1. The molecule has 0 aliphatic carbocycles. The van der Waals surface area contributed by atoms with Crippen molar-refractivity contribution in [2.75, 3.05) is 13.7 Å². The molecule has 1 atom stereocenters. The molecule has 0 aliphatic heterocycles. The molecule has 0 saturated carbocycles. The second kappa shape index (κ2) is 6.86. The molecule has 1 heterocycles. The normalized spacial score (nSPS) is 12.4. The minimum atomic E-state index is -0.233. The molecule has 1 aromatic carbocycles. The van der Waals surface area contributed by atoms with Gasteiger partial charge in [-0.15, -0.1) is 11.3 Å². The first-order valence-corrected chi connectivity index (χ1v) is 7.66. The van der Waals surface area contributed by atoms with Crippen LogP contribution in [0.2, 0.25) is 0 Å². The molecule has 1 N–H and O–H groups in total. The Labute approximate surface area is 123 Å². The van der Waals surface area contributed by atoms with Crippen LogP contribution in [0, 0.1) is 12.7 Å². The molecule has 0 spiro atoms. The van der Waals surface area contributed by atoms with Crippen LogP contribution in [0.1, 0.15) is 35.4 Å². The smallest absolute Gasteiger partial charge is 0.132 e. The van der Waals surface area contributed by atoms with Gasteiger partial charge in [-0.25, -0.2) is 4.39 Å². The molecule has 20 heavy (non-hydrogen) atoms. The lowest BCUT2D eigenvalue weighted by Gasteiger charge is -2.22. The van der Waals surface area contributed by atoms with Gasteiger partial charge in [0, 0.05) is 4.88 Å². The largest absolute Gasteiger partial charge is 0.496 e. The second-order valence-electron chi connectivity index (χ2n) is 4.68. The number of benzene rings is 1. The molecule has 0 fully saturated rings. The third-order valence-electron chi connectivity index (χ3n) is 3.33. The molecular formula is C16H20FNOS. The minimum absolute atomic E-state index is 0.169. The van der Waals surface area contributed by atoms with E-state index in [9.17, 15) is 4.39 Å². The molecule has 1 unspecified atom stereocenters. The third-order valence-corrected chi connectivity index (χ3v) is 4.19. The molecule has 2 rings (SSSR count). The second-order valence-corrected chi connectivity index (χ2v) is 5.80. The van der Waals surface area contributed by atoms with E-state index in [1.54, 1.807) is 30.6 Å². The Morgan fingerprint density at radius 1 is 1.35 bits per heavy atom. The summed E-state index contributed by atoms with van der Waals surface area (Å²) in [6.45, 7) is 4.99. The monoisotopic (exact) mass is 293 g/mol. The van der Waals surface area contributed by atoms with Crippen LogP contribution < -0.4 is 10.1 Å². The Hall–Kier alpha value is -1.39. The molecule has 0 radical (unpaired) electrons. The lowest BCUT2D eigenvalue weighted by molar-refractivity contribution is 0.396. The van der Waals surface area contributed by atoms with Crippen molar-refractivity contribution in [3.63, 3.8) is 0 Å². The number of nitrogens with one attached hydrogen (secondary N) is 1. The number of methoxy groups -OCH3 is 1. The number of aryl methyl sites for hydroxylation is 1. The molecule has 4 heteroatoms. The fraction of sp³-hybridized carbons (Fsp3) is 0.375. The molecule has 0 aliphatic rings. The highest BCUT2D eigenvalue weighted by atomic mass is 32.1. The van der Waals surface area contributed by atoms with Crippen LogP contribution >= 0.6 is 11.3 Å². The standard InChI is InChI=1S/C16H20FNOS/c1-4-9-18-16(12-8-10-20-11(12)2)15-13(17)6-5-7-14(15)19-3/h5-8,10,16,18H,4,9H2,1-3H3. The first-order valence-electron chi connectivity index (χ1n) is 6.78. The number of rotatable bonds is 6. The third kappa shape index (κ3) is 3.02. The van der Waals surface area contributed by atoms with Crippen molar-refractivity contribution in [3.8, 4) is 5.75 Å². The zero-order valence-corrected chi connectivity index (χ0v) is 12.9. The highest BCUT2D eigenvalue weighted by molar-refractivity contribution is 7.10. The molecule has 0 bridgehead atoms. The summed E-state index contributed by atoms with van der Waals surface area (Å²) in [4.78, 5) is 1.20. The maximum absolute atomic E-state index is 14.3. The SMILES string of the molecule is CCCNC(c1ccsc1C)c1c(F)cccc1OC. The van der Waals surface area contributed by atoms with Crippen molar-refractivity contribution in [1.82, 2.24) is 5.32 Å². The van der Waals surface area contributed by atoms with Gasteiger partial charge < -0.3 is 10.1 Å². The summed E-state index contributed by atoms with van der Waals surface area (Å²) in [5.41, 5.74) is 1.71. The zero-order chi connectivity index (χ0) is 14.5. The number of halogens is 1. The molecule has 1 aromatic heterocycles. The molecule has 2 nitrogen and oxygen atoms in total. The Balaban J connectivity index is 2.49. The van der Waals surface area contributed by atoms with E-state index in [0.29, 0.717) is 11.3 Å². The number of thiophene rings is 1. The van der Waals surface area contributed by atoms with Crippen molar-refractivity contribution >= 4 is 11.3 Å². The van der Waals surface area contributed by atoms with Crippen LogP contribution in [0.5, 0.6) is 5.75 Å². The van der Waals surface area contributed by atoms with Crippen molar-refractivity contribution in [2.24, 2.45) is 0 Å². The predicted molar refractivity (Wildman–Crippen MR) is 82.1 cm³/mol. The summed E-state index contributed by atoms with van der Waals surface area (Å²) in [5.74, 6) is 0.354. The van der Waals surface area contributed by atoms with E-state index in [-0.39, 0.29) is 11.9 Å². The first-order chi connectivity index (χ1) is 9.69. The lowest BCUT2D eigenvalue weighted by Crippen LogP contribution is -2.24. The van der Waals surface area contributed by atoms with Gasteiger partial charge in [-0.2, -0.15) is 0 Å².